The van der Waals surface area contributed by atoms with Gasteiger partial charge in [0.2, 0.25) is 0 Å². The molecular weight excluding hydrogens is 491 g/mol. The van der Waals surface area contributed by atoms with Crippen molar-refractivity contribution >= 4 is 28.4 Å². The fraction of sp³-hybridized carbons (Fsp3) is 0.414. The summed E-state index contributed by atoms with van der Waals surface area (Å²) in [6.07, 6.45) is 4.80. The first-order valence-corrected chi connectivity index (χ1v) is 12.6. The van der Waals surface area contributed by atoms with Crippen molar-refractivity contribution in [3.8, 4) is 0 Å². The predicted octanol–water partition coefficient (Wildman–Crippen LogP) is 7.62. The van der Waals surface area contributed by atoms with Gasteiger partial charge in [-0.05, 0) is 67.5 Å². The zero-order valence-corrected chi connectivity index (χ0v) is 23.0. The van der Waals surface area contributed by atoms with Gasteiger partial charge in [0.15, 0.2) is 0 Å². The molecule has 0 saturated carbocycles. The van der Waals surface area contributed by atoms with Crippen LogP contribution in [0.5, 0.6) is 0 Å². The van der Waals surface area contributed by atoms with E-state index in [0.717, 1.165) is 37.2 Å². The number of nitrogens with zero attached hydrogens (tertiary/aromatic N) is 1. The number of rotatable bonds is 6. The van der Waals surface area contributed by atoms with Gasteiger partial charge in [0.25, 0.3) is 0 Å². The van der Waals surface area contributed by atoms with E-state index < -0.39 is 0 Å². The Morgan fingerprint density at radius 3 is 2.09 bits per heavy atom. The molecule has 1 fully saturated rings. The maximum Gasteiger partial charge on any atom is 0.138 e. The summed E-state index contributed by atoms with van der Waals surface area (Å²) in [4.78, 5) is 10.4. The van der Waals surface area contributed by atoms with Crippen LogP contribution in [-0.2, 0) is 10.2 Å². The van der Waals surface area contributed by atoms with Gasteiger partial charge in [-0.15, -0.1) is 13.2 Å². The standard InChI is InChI=1S/C22H26BrFN2.C4H10.C2H4.CH2O/c1-16(19-10-7-11-20(24)21(19)23)25-17(2)22(12-14-26(3)15-13-22)18-8-5-4-6-9-18;1-3-4-2;2*1-2/h4-11,17,25H,1,12-15H2,2-3H3;3-4H2,1-2H3;1-2H2;1H2/t17-;;;/m0.../s1. The first-order valence-electron chi connectivity index (χ1n) is 11.8. The molecule has 1 saturated heterocycles. The summed E-state index contributed by atoms with van der Waals surface area (Å²) >= 11 is 3.35. The lowest BCUT2D eigenvalue weighted by Gasteiger charge is -2.46. The average Bonchev–Trinajstić information content (AvgIpc) is 2.89. The number of benzene rings is 2. The molecule has 0 spiro atoms. The van der Waals surface area contributed by atoms with E-state index in [0.29, 0.717) is 4.47 Å². The molecule has 1 aliphatic heterocycles. The third kappa shape index (κ3) is 8.84. The van der Waals surface area contributed by atoms with E-state index in [2.05, 4.69) is 104 Å². The van der Waals surface area contributed by atoms with Crippen molar-refractivity contribution in [1.82, 2.24) is 10.2 Å². The summed E-state index contributed by atoms with van der Waals surface area (Å²) in [6, 6.07) is 16.0. The van der Waals surface area contributed by atoms with E-state index in [1.54, 1.807) is 6.07 Å². The van der Waals surface area contributed by atoms with E-state index in [4.69, 9.17) is 4.79 Å². The van der Waals surface area contributed by atoms with Crippen LogP contribution in [0, 0.1) is 5.82 Å². The highest BCUT2D eigenvalue weighted by atomic mass is 79.9. The molecule has 0 bridgehead atoms. The van der Waals surface area contributed by atoms with Gasteiger partial charge in [-0.2, -0.15) is 0 Å². The van der Waals surface area contributed by atoms with Gasteiger partial charge < -0.3 is 15.0 Å². The first-order chi connectivity index (χ1) is 16.4. The van der Waals surface area contributed by atoms with E-state index in [1.165, 1.54) is 24.5 Å². The van der Waals surface area contributed by atoms with Gasteiger partial charge >= 0.3 is 0 Å². The van der Waals surface area contributed by atoms with Crippen LogP contribution >= 0.6 is 15.9 Å². The molecule has 2 aromatic carbocycles. The number of carbonyl (C=O) groups is 1. The topological polar surface area (TPSA) is 32.3 Å². The van der Waals surface area contributed by atoms with Crippen molar-refractivity contribution in [2.75, 3.05) is 20.1 Å². The molecule has 1 N–H and O–H groups in total. The lowest BCUT2D eigenvalue weighted by Crippen LogP contribution is -2.52. The van der Waals surface area contributed by atoms with Crippen molar-refractivity contribution in [2.45, 2.75) is 57.9 Å². The van der Waals surface area contributed by atoms with Crippen molar-refractivity contribution < 1.29 is 9.18 Å². The highest BCUT2D eigenvalue weighted by Gasteiger charge is 2.40. The number of nitrogens with one attached hydrogen (secondary N) is 1. The molecule has 1 atom stereocenters. The molecule has 0 aromatic heterocycles. The van der Waals surface area contributed by atoms with Gasteiger partial charge in [0, 0.05) is 22.7 Å². The van der Waals surface area contributed by atoms with Crippen molar-refractivity contribution in [1.29, 1.82) is 0 Å². The summed E-state index contributed by atoms with van der Waals surface area (Å²) in [6.45, 7) is 20.9. The third-order valence-corrected chi connectivity index (χ3v) is 7.03. The van der Waals surface area contributed by atoms with E-state index >= 15 is 0 Å². The maximum absolute atomic E-state index is 13.9. The molecule has 34 heavy (non-hydrogen) atoms. The first kappa shape index (κ1) is 31.8. The second-order valence-corrected chi connectivity index (χ2v) is 9.06. The lowest BCUT2D eigenvalue weighted by atomic mass is 9.68. The molecule has 0 radical (unpaired) electrons. The van der Waals surface area contributed by atoms with Gasteiger partial charge in [-0.1, -0.05) is 75.7 Å². The van der Waals surface area contributed by atoms with Crippen LogP contribution < -0.4 is 5.32 Å². The largest absolute Gasteiger partial charge is 0.382 e. The van der Waals surface area contributed by atoms with Gasteiger partial charge in [-0.3, -0.25) is 0 Å². The van der Waals surface area contributed by atoms with Gasteiger partial charge in [0.05, 0.1) is 4.47 Å². The van der Waals surface area contributed by atoms with Crippen LogP contribution in [0.3, 0.4) is 0 Å². The molecule has 0 aliphatic carbocycles. The lowest BCUT2D eigenvalue weighted by molar-refractivity contribution is -0.0979. The summed E-state index contributed by atoms with van der Waals surface area (Å²) in [5.41, 5.74) is 2.92. The third-order valence-electron chi connectivity index (χ3n) is 6.22. The van der Waals surface area contributed by atoms with Crippen molar-refractivity contribution in [3.05, 3.63) is 89.7 Å². The van der Waals surface area contributed by atoms with Crippen LogP contribution in [0.4, 0.5) is 4.39 Å². The molecule has 0 amide bonds. The molecule has 0 unspecified atom stereocenters. The number of hydrogen-bond acceptors (Lipinski definition) is 3. The van der Waals surface area contributed by atoms with Gasteiger partial charge in [-0.25, -0.2) is 4.39 Å². The summed E-state index contributed by atoms with van der Waals surface area (Å²) in [5.74, 6) is -0.268. The fourth-order valence-electron chi connectivity index (χ4n) is 3.97. The molecule has 188 valence electrons. The highest BCUT2D eigenvalue weighted by Crippen LogP contribution is 2.39. The molecule has 3 nitrogen and oxygen atoms in total. The van der Waals surface area contributed by atoms with Crippen molar-refractivity contribution in [2.24, 2.45) is 0 Å². The van der Waals surface area contributed by atoms with Gasteiger partial charge in [0.1, 0.15) is 12.6 Å². The minimum atomic E-state index is -0.268. The van der Waals surface area contributed by atoms with Crippen LogP contribution in [0.1, 0.15) is 57.6 Å². The Labute approximate surface area is 215 Å². The minimum absolute atomic E-state index is 0.0382. The normalized spacial score (nSPS) is 15.1. The Morgan fingerprint density at radius 2 is 1.59 bits per heavy atom. The molecule has 1 aliphatic rings. The van der Waals surface area contributed by atoms with E-state index in [1.807, 2.05) is 12.9 Å². The average molecular weight is 534 g/mol. The zero-order valence-electron chi connectivity index (χ0n) is 21.4. The summed E-state index contributed by atoms with van der Waals surface area (Å²) < 4.78 is 14.4. The SMILES string of the molecule is C=C.C=C(N[C@@H](C)C1(c2ccccc2)CCN(C)CC1)c1cccc(F)c1Br.C=O.CCCC. The van der Waals surface area contributed by atoms with E-state index in [-0.39, 0.29) is 17.3 Å². The number of hydrogen-bond donors (Lipinski definition) is 1. The van der Waals surface area contributed by atoms with Crippen molar-refractivity contribution in [3.63, 3.8) is 0 Å². The highest BCUT2D eigenvalue weighted by molar-refractivity contribution is 9.10. The molecule has 3 rings (SSSR count). The number of carbonyl (C=O) groups excluding carboxylic acids is 1. The predicted molar refractivity (Wildman–Crippen MR) is 150 cm³/mol. The number of halogens is 2. The Kier molecular flexibility index (Phi) is 16.1. The second kappa shape index (κ2) is 17.2. The maximum atomic E-state index is 13.9. The Hall–Kier alpha value is -2.24. The zero-order chi connectivity index (χ0) is 26.1. The number of likely N-dealkylation sites (tertiary alicyclic amines) is 1. The molecule has 1 heterocycles. The van der Waals surface area contributed by atoms with Crippen LogP contribution in [0.15, 0.2) is 72.7 Å². The Balaban J connectivity index is 0.00000121. The minimum Gasteiger partial charge on any atom is -0.382 e. The molecular formula is C29H42BrFN2O. The van der Waals surface area contributed by atoms with E-state index in [9.17, 15) is 4.39 Å². The Bertz CT molecular complexity index is 831. The van der Waals surface area contributed by atoms with Crippen LogP contribution in [-0.4, -0.2) is 37.9 Å². The quantitative estimate of drug-likeness (QED) is 0.388. The smallest absolute Gasteiger partial charge is 0.138 e. The number of piperidine rings is 1. The van der Waals surface area contributed by atoms with Crippen LogP contribution in [0.25, 0.3) is 5.70 Å². The molecule has 2 aromatic rings. The summed E-state index contributed by atoms with van der Waals surface area (Å²) in [7, 11) is 2.18. The van der Waals surface area contributed by atoms with Crippen LogP contribution in [0.2, 0.25) is 0 Å². The number of unbranched alkanes of at least 4 members (excludes halogenated alkanes) is 1. The Morgan fingerprint density at radius 1 is 1.06 bits per heavy atom. The second-order valence-electron chi connectivity index (χ2n) is 8.27. The molecule has 5 heteroatoms. The fourth-order valence-corrected chi connectivity index (χ4v) is 4.48. The monoisotopic (exact) mass is 532 g/mol. The summed E-state index contributed by atoms with van der Waals surface area (Å²) in [5, 5.41) is 3.58.